The van der Waals surface area contributed by atoms with Gasteiger partial charge >= 0.3 is 0 Å². The molecule has 0 radical (unpaired) electrons. The lowest BCUT2D eigenvalue weighted by Crippen LogP contribution is -2.45. The second-order valence-corrected chi connectivity index (χ2v) is 10.8. The van der Waals surface area contributed by atoms with Gasteiger partial charge in [-0.05, 0) is 61.5 Å². The molecule has 1 heterocycles. The molecule has 26 heavy (non-hydrogen) atoms. The molecule has 5 rings (SSSR count). The van der Waals surface area contributed by atoms with Gasteiger partial charge in [-0.1, -0.05) is 24.3 Å². The van der Waals surface area contributed by atoms with Crippen LogP contribution in [0.5, 0.6) is 0 Å². The number of rotatable bonds is 4. The van der Waals surface area contributed by atoms with Crippen molar-refractivity contribution in [2.24, 2.45) is 0 Å². The number of nitrogens with one attached hydrogen (secondary N) is 1. The summed E-state index contributed by atoms with van der Waals surface area (Å²) < 4.78 is 26.8. The summed E-state index contributed by atoms with van der Waals surface area (Å²) in [4.78, 5) is 12.8. The predicted molar refractivity (Wildman–Crippen MR) is 99.4 cm³/mol. The van der Waals surface area contributed by atoms with E-state index in [1.54, 1.807) is 4.31 Å². The topological polar surface area (TPSA) is 66.5 Å². The van der Waals surface area contributed by atoms with E-state index in [1.807, 2.05) is 6.07 Å². The van der Waals surface area contributed by atoms with Crippen molar-refractivity contribution in [2.75, 3.05) is 13.1 Å². The molecule has 1 unspecified atom stereocenters. The average Bonchev–Trinajstić information content (AvgIpc) is 3.54. The molecule has 4 aliphatic rings. The summed E-state index contributed by atoms with van der Waals surface area (Å²) >= 11 is 0. The minimum absolute atomic E-state index is 0.0439. The summed E-state index contributed by atoms with van der Waals surface area (Å²) in [5, 5.41) is 3.03. The first-order chi connectivity index (χ1) is 12.5. The molecule has 6 heteroatoms. The van der Waals surface area contributed by atoms with Crippen molar-refractivity contribution in [3.63, 3.8) is 0 Å². The SMILES string of the molecule is O=C(NC1CC1)C1CC2(CCN(S(=O)(=O)C3CC3)CC2)c2ccccc21. The Morgan fingerprint density at radius 2 is 1.77 bits per heavy atom. The maximum Gasteiger partial charge on any atom is 0.227 e. The minimum Gasteiger partial charge on any atom is -0.353 e. The van der Waals surface area contributed by atoms with Gasteiger partial charge in [-0.15, -0.1) is 0 Å². The van der Waals surface area contributed by atoms with E-state index in [4.69, 9.17) is 0 Å². The van der Waals surface area contributed by atoms with Crippen LogP contribution in [0.2, 0.25) is 0 Å². The van der Waals surface area contributed by atoms with Crippen LogP contribution in [0.4, 0.5) is 0 Å². The van der Waals surface area contributed by atoms with Crippen LogP contribution in [0.25, 0.3) is 0 Å². The molecule has 0 aromatic heterocycles. The standard InChI is InChI=1S/C20H26N2O3S/c23-19(21-14-5-6-14)17-13-20(18-4-2-1-3-16(17)18)9-11-22(12-10-20)26(24,25)15-7-8-15/h1-4,14-15,17H,5-13H2,(H,21,23). The highest BCUT2D eigenvalue weighted by molar-refractivity contribution is 7.90. The summed E-state index contributed by atoms with van der Waals surface area (Å²) in [5.74, 6) is 0.0724. The van der Waals surface area contributed by atoms with Gasteiger partial charge < -0.3 is 5.32 Å². The maximum absolute atomic E-state index is 12.8. The smallest absolute Gasteiger partial charge is 0.227 e. The van der Waals surface area contributed by atoms with Crippen LogP contribution in [0.3, 0.4) is 0 Å². The third kappa shape index (κ3) is 2.69. The van der Waals surface area contributed by atoms with Gasteiger partial charge in [-0.2, -0.15) is 0 Å². The Kier molecular flexibility index (Phi) is 3.73. The maximum atomic E-state index is 12.8. The normalized spacial score (nSPS) is 28.1. The van der Waals surface area contributed by atoms with Gasteiger partial charge in [-0.25, -0.2) is 12.7 Å². The Morgan fingerprint density at radius 1 is 1.08 bits per heavy atom. The van der Waals surface area contributed by atoms with Crippen LogP contribution in [-0.2, 0) is 20.2 Å². The molecular weight excluding hydrogens is 348 g/mol. The molecule has 1 amide bonds. The Labute approximate surface area is 155 Å². The summed E-state index contributed by atoms with van der Waals surface area (Å²) in [5.41, 5.74) is 2.39. The number of nitrogens with zero attached hydrogens (tertiary/aromatic N) is 1. The van der Waals surface area contributed by atoms with Gasteiger partial charge in [0.2, 0.25) is 15.9 Å². The van der Waals surface area contributed by atoms with Crippen molar-refractivity contribution in [2.45, 2.75) is 67.6 Å². The lowest BCUT2D eigenvalue weighted by molar-refractivity contribution is -0.123. The average molecular weight is 375 g/mol. The van der Waals surface area contributed by atoms with Gasteiger partial charge in [0.1, 0.15) is 0 Å². The Hall–Kier alpha value is -1.40. The summed E-state index contributed by atoms with van der Waals surface area (Å²) in [6.45, 7) is 1.17. The summed E-state index contributed by atoms with van der Waals surface area (Å²) in [7, 11) is -3.10. The first kappa shape index (κ1) is 16.8. The van der Waals surface area contributed by atoms with E-state index < -0.39 is 10.0 Å². The molecule has 1 aromatic rings. The number of amides is 1. The van der Waals surface area contributed by atoms with E-state index in [0.29, 0.717) is 19.1 Å². The van der Waals surface area contributed by atoms with Crippen LogP contribution in [0, 0.1) is 0 Å². The number of carbonyl (C=O) groups is 1. The third-order valence-electron chi connectivity index (χ3n) is 6.73. The van der Waals surface area contributed by atoms with Crippen molar-refractivity contribution in [3.05, 3.63) is 35.4 Å². The van der Waals surface area contributed by atoms with E-state index in [1.165, 1.54) is 5.56 Å². The number of piperidine rings is 1. The van der Waals surface area contributed by atoms with Crippen LogP contribution in [-0.4, -0.2) is 43.0 Å². The first-order valence-electron chi connectivity index (χ1n) is 9.88. The van der Waals surface area contributed by atoms with Gasteiger partial charge in [0.25, 0.3) is 0 Å². The molecule has 140 valence electrons. The second-order valence-electron chi connectivity index (χ2n) is 8.55. The number of sulfonamides is 1. The highest BCUT2D eigenvalue weighted by Gasteiger charge is 2.50. The first-order valence-corrected chi connectivity index (χ1v) is 11.4. The van der Waals surface area contributed by atoms with Crippen molar-refractivity contribution in [1.29, 1.82) is 0 Å². The van der Waals surface area contributed by atoms with Gasteiger partial charge in [0.05, 0.1) is 11.2 Å². The van der Waals surface area contributed by atoms with E-state index in [0.717, 1.165) is 50.5 Å². The highest BCUT2D eigenvalue weighted by Crippen LogP contribution is 2.52. The predicted octanol–water partition coefficient (Wildman–Crippen LogP) is 2.28. The minimum atomic E-state index is -3.10. The molecule has 2 saturated carbocycles. The molecule has 3 aliphatic carbocycles. The van der Waals surface area contributed by atoms with Crippen molar-refractivity contribution in [3.8, 4) is 0 Å². The molecule has 3 fully saturated rings. The number of carbonyl (C=O) groups excluding carboxylic acids is 1. The van der Waals surface area contributed by atoms with Gasteiger partial charge in [0, 0.05) is 19.1 Å². The van der Waals surface area contributed by atoms with Crippen LogP contribution >= 0.6 is 0 Å². The number of hydrogen-bond acceptors (Lipinski definition) is 3. The second kappa shape index (κ2) is 5.80. The van der Waals surface area contributed by atoms with Crippen molar-refractivity contribution < 1.29 is 13.2 Å². The van der Waals surface area contributed by atoms with Gasteiger partial charge in [0.15, 0.2) is 0 Å². The Bertz CT molecular complexity index is 834. The van der Waals surface area contributed by atoms with Crippen molar-refractivity contribution in [1.82, 2.24) is 9.62 Å². The fourth-order valence-electron chi connectivity index (χ4n) is 4.88. The summed E-state index contributed by atoms with van der Waals surface area (Å²) in [6.07, 6.45) is 6.29. The molecule has 5 nitrogen and oxygen atoms in total. The molecule has 1 aromatic carbocycles. The van der Waals surface area contributed by atoms with Crippen molar-refractivity contribution >= 4 is 15.9 Å². The van der Waals surface area contributed by atoms with E-state index >= 15 is 0 Å². The van der Waals surface area contributed by atoms with Crippen LogP contribution < -0.4 is 5.32 Å². The van der Waals surface area contributed by atoms with E-state index in [-0.39, 0.29) is 22.5 Å². The lowest BCUT2D eigenvalue weighted by Gasteiger charge is -2.39. The molecule has 0 bridgehead atoms. The molecular formula is C20H26N2O3S. The molecule has 1 aliphatic heterocycles. The summed E-state index contributed by atoms with van der Waals surface area (Å²) in [6, 6.07) is 8.69. The zero-order valence-corrected chi connectivity index (χ0v) is 15.8. The monoisotopic (exact) mass is 374 g/mol. The Balaban J connectivity index is 1.38. The highest BCUT2D eigenvalue weighted by atomic mass is 32.2. The third-order valence-corrected chi connectivity index (χ3v) is 9.13. The molecule has 1 N–H and O–H groups in total. The molecule has 1 saturated heterocycles. The van der Waals surface area contributed by atoms with E-state index in [9.17, 15) is 13.2 Å². The van der Waals surface area contributed by atoms with Crippen LogP contribution in [0.1, 0.15) is 62.0 Å². The zero-order valence-electron chi connectivity index (χ0n) is 15.0. The lowest BCUT2D eigenvalue weighted by atomic mass is 9.74. The Morgan fingerprint density at radius 3 is 2.42 bits per heavy atom. The van der Waals surface area contributed by atoms with Gasteiger partial charge in [-0.3, -0.25) is 4.79 Å². The zero-order chi connectivity index (χ0) is 17.9. The van der Waals surface area contributed by atoms with E-state index in [2.05, 4.69) is 23.5 Å². The van der Waals surface area contributed by atoms with Crippen LogP contribution in [0.15, 0.2) is 24.3 Å². The fraction of sp³-hybridized carbons (Fsp3) is 0.650. The molecule has 1 spiro atoms. The number of fused-ring (bicyclic) bond motifs is 2. The number of benzene rings is 1. The number of hydrogen-bond donors (Lipinski definition) is 1. The quantitative estimate of drug-likeness (QED) is 0.879. The largest absolute Gasteiger partial charge is 0.353 e. The molecule has 1 atom stereocenters. The fourth-order valence-corrected chi connectivity index (χ4v) is 6.72.